The van der Waals surface area contributed by atoms with E-state index in [9.17, 15) is 9.59 Å². The molecule has 1 fully saturated rings. The quantitative estimate of drug-likeness (QED) is 0.818. The molecule has 0 saturated carbocycles. The summed E-state index contributed by atoms with van der Waals surface area (Å²) >= 11 is 7.82. The third kappa shape index (κ3) is 4.62. The summed E-state index contributed by atoms with van der Waals surface area (Å²) in [6, 6.07) is 6.12. The highest BCUT2D eigenvalue weighted by Crippen LogP contribution is 2.28. The molecule has 1 unspecified atom stereocenters. The van der Waals surface area contributed by atoms with Crippen LogP contribution in [0.5, 0.6) is 0 Å². The SMILES string of the molecule is CSCC[C@H](N)C(=O)NC1CCCN(c2ccccc2Cl)C1=O. The minimum atomic E-state index is -0.578. The number of hydrogen-bond acceptors (Lipinski definition) is 4. The normalized spacial score (nSPS) is 19.5. The molecule has 0 radical (unpaired) electrons. The molecule has 0 aromatic heterocycles. The highest BCUT2D eigenvalue weighted by Gasteiger charge is 2.32. The van der Waals surface area contributed by atoms with E-state index >= 15 is 0 Å². The van der Waals surface area contributed by atoms with Crippen LogP contribution in [-0.2, 0) is 9.59 Å². The van der Waals surface area contributed by atoms with E-state index in [1.54, 1.807) is 22.7 Å². The van der Waals surface area contributed by atoms with Crippen LogP contribution in [-0.4, -0.2) is 42.5 Å². The molecule has 0 aliphatic carbocycles. The first-order chi connectivity index (χ1) is 11.0. The number of piperidine rings is 1. The zero-order valence-corrected chi connectivity index (χ0v) is 14.7. The standard InChI is InChI=1S/C16H22ClN3O2S/c1-23-10-8-12(18)15(21)19-13-6-4-9-20(16(13)22)14-7-3-2-5-11(14)17/h2-3,5,7,12-13H,4,6,8-10,18H2,1H3,(H,19,21)/t12-,13?/m0/s1. The third-order valence-corrected chi connectivity index (χ3v) is 4.83. The highest BCUT2D eigenvalue weighted by molar-refractivity contribution is 7.98. The van der Waals surface area contributed by atoms with Gasteiger partial charge in [-0.1, -0.05) is 23.7 Å². The number of carbonyl (C=O) groups excluding carboxylic acids is 2. The molecule has 1 aromatic carbocycles. The van der Waals surface area contributed by atoms with Crippen LogP contribution in [0.2, 0.25) is 5.02 Å². The number of hydrogen-bond donors (Lipinski definition) is 2. The van der Waals surface area contributed by atoms with Gasteiger partial charge in [-0.05, 0) is 43.4 Å². The van der Waals surface area contributed by atoms with Gasteiger partial charge in [0, 0.05) is 6.54 Å². The van der Waals surface area contributed by atoms with E-state index in [-0.39, 0.29) is 11.8 Å². The molecule has 2 amide bonds. The largest absolute Gasteiger partial charge is 0.343 e. The Kier molecular flexibility index (Phi) is 6.74. The number of benzene rings is 1. The van der Waals surface area contributed by atoms with Crippen LogP contribution in [0.4, 0.5) is 5.69 Å². The van der Waals surface area contributed by atoms with E-state index in [1.165, 1.54) is 0 Å². The number of carbonyl (C=O) groups is 2. The number of amides is 2. The molecule has 1 heterocycles. The summed E-state index contributed by atoms with van der Waals surface area (Å²) in [6.45, 7) is 0.605. The van der Waals surface area contributed by atoms with E-state index in [0.29, 0.717) is 30.1 Å². The van der Waals surface area contributed by atoms with Crippen LogP contribution in [0.15, 0.2) is 24.3 Å². The average molecular weight is 356 g/mol. The van der Waals surface area contributed by atoms with Crippen molar-refractivity contribution in [1.29, 1.82) is 0 Å². The van der Waals surface area contributed by atoms with Crippen molar-refractivity contribution in [2.75, 3.05) is 23.5 Å². The van der Waals surface area contributed by atoms with Crippen molar-refractivity contribution < 1.29 is 9.59 Å². The fraction of sp³-hybridized carbons (Fsp3) is 0.500. The predicted molar refractivity (Wildman–Crippen MR) is 95.9 cm³/mol. The minimum absolute atomic E-state index is 0.130. The Balaban J connectivity index is 2.03. The Morgan fingerprint density at radius 1 is 1.52 bits per heavy atom. The van der Waals surface area contributed by atoms with E-state index < -0.39 is 12.1 Å². The van der Waals surface area contributed by atoms with Gasteiger partial charge in [0.15, 0.2) is 0 Å². The summed E-state index contributed by atoms with van der Waals surface area (Å²) in [5.41, 5.74) is 6.55. The summed E-state index contributed by atoms with van der Waals surface area (Å²) in [6.07, 6.45) is 4.00. The number of halogens is 1. The Morgan fingerprint density at radius 2 is 2.26 bits per heavy atom. The molecular formula is C16H22ClN3O2S. The number of nitrogens with two attached hydrogens (primary N) is 1. The lowest BCUT2D eigenvalue weighted by Crippen LogP contribution is -2.55. The minimum Gasteiger partial charge on any atom is -0.343 e. The topological polar surface area (TPSA) is 75.4 Å². The van der Waals surface area contributed by atoms with Crippen molar-refractivity contribution in [2.45, 2.75) is 31.3 Å². The summed E-state index contributed by atoms with van der Waals surface area (Å²) in [7, 11) is 0. The maximum absolute atomic E-state index is 12.7. The molecular weight excluding hydrogens is 334 g/mol. The number of para-hydroxylation sites is 1. The lowest BCUT2D eigenvalue weighted by molar-refractivity contribution is -0.129. The molecule has 1 aromatic rings. The maximum Gasteiger partial charge on any atom is 0.249 e. The van der Waals surface area contributed by atoms with Crippen molar-refractivity contribution in [3.8, 4) is 0 Å². The number of thioether (sulfide) groups is 1. The molecule has 1 aliphatic heterocycles. The zero-order chi connectivity index (χ0) is 16.8. The predicted octanol–water partition coefficient (Wildman–Crippen LogP) is 2.03. The molecule has 5 nitrogen and oxygen atoms in total. The Hall–Kier alpha value is -1.24. The Bertz CT molecular complexity index is 570. The molecule has 1 saturated heterocycles. The first kappa shape index (κ1) is 18.1. The smallest absolute Gasteiger partial charge is 0.249 e. The number of nitrogens with one attached hydrogen (secondary N) is 1. The van der Waals surface area contributed by atoms with Gasteiger partial charge in [0.1, 0.15) is 6.04 Å². The molecule has 23 heavy (non-hydrogen) atoms. The lowest BCUT2D eigenvalue weighted by atomic mass is 10.0. The van der Waals surface area contributed by atoms with Gasteiger partial charge in [-0.25, -0.2) is 0 Å². The van der Waals surface area contributed by atoms with Gasteiger partial charge in [-0.15, -0.1) is 0 Å². The van der Waals surface area contributed by atoms with Crippen LogP contribution in [0, 0.1) is 0 Å². The molecule has 0 spiro atoms. The summed E-state index contributed by atoms with van der Waals surface area (Å²) in [5, 5.41) is 3.32. The second-order valence-electron chi connectivity index (χ2n) is 5.53. The van der Waals surface area contributed by atoms with E-state index in [4.69, 9.17) is 17.3 Å². The van der Waals surface area contributed by atoms with E-state index in [0.717, 1.165) is 12.2 Å². The van der Waals surface area contributed by atoms with E-state index in [2.05, 4.69) is 5.32 Å². The Morgan fingerprint density at radius 3 is 2.96 bits per heavy atom. The monoisotopic (exact) mass is 355 g/mol. The number of rotatable bonds is 6. The summed E-state index contributed by atoms with van der Waals surface area (Å²) in [5.74, 6) is 0.423. The first-order valence-electron chi connectivity index (χ1n) is 7.65. The van der Waals surface area contributed by atoms with Gasteiger partial charge < -0.3 is 16.0 Å². The molecule has 1 aliphatic rings. The second-order valence-corrected chi connectivity index (χ2v) is 6.93. The molecule has 2 atom stereocenters. The van der Waals surface area contributed by atoms with Gasteiger partial charge in [0.2, 0.25) is 11.8 Å². The molecule has 3 N–H and O–H groups in total. The fourth-order valence-electron chi connectivity index (χ4n) is 2.57. The molecule has 7 heteroatoms. The summed E-state index contributed by atoms with van der Waals surface area (Å²) in [4.78, 5) is 26.4. The first-order valence-corrected chi connectivity index (χ1v) is 9.42. The average Bonchev–Trinajstić information content (AvgIpc) is 2.55. The summed E-state index contributed by atoms with van der Waals surface area (Å²) < 4.78 is 0. The Labute approximate surface area is 145 Å². The van der Waals surface area contributed by atoms with Crippen molar-refractivity contribution in [2.24, 2.45) is 5.73 Å². The van der Waals surface area contributed by atoms with E-state index in [1.807, 2.05) is 24.5 Å². The second kappa shape index (κ2) is 8.57. The molecule has 0 bridgehead atoms. The van der Waals surface area contributed by atoms with Crippen molar-refractivity contribution >= 4 is 40.9 Å². The maximum atomic E-state index is 12.7. The fourth-order valence-corrected chi connectivity index (χ4v) is 3.30. The van der Waals surface area contributed by atoms with Crippen LogP contribution >= 0.6 is 23.4 Å². The molecule has 126 valence electrons. The lowest BCUT2D eigenvalue weighted by Gasteiger charge is -2.33. The van der Waals surface area contributed by atoms with Gasteiger partial charge >= 0.3 is 0 Å². The van der Waals surface area contributed by atoms with Gasteiger partial charge in [-0.3, -0.25) is 9.59 Å². The van der Waals surface area contributed by atoms with Crippen LogP contribution in [0.25, 0.3) is 0 Å². The van der Waals surface area contributed by atoms with Crippen LogP contribution in [0.3, 0.4) is 0 Å². The number of anilines is 1. The molecule has 2 rings (SSSR count). The van der Waals surface area contributed by atoms with Crippen molar-refractivity contribution in [1.82, 2.24) is 5.32 Å². The van der Waals surface area contributed by atoms with Gasteiger partial charge in [-0.2, -0.15) is 11.8 Å². The van der Waals surface area contributed by atoms with Gasteiger partial charge in [0.25, 0.3) is 0 Å². The van der Waals surface area contributed by atoms with Gasteiger partial charge in [0.05, 0.1) is 16.8 Å². The van der Waals surface area contributed by atoms with Crippen LogP contribution in [0.1, 0.15) is 19.3 Å². The van der Waals surface area contributed by atoms with Crippen molar-refractivity contribution in [3.63, 3.8) is 0 Å². The number of nitrogens with zero attached hydrogens (tertiary/aromatic N) is 1. The van der Waals surface area contributed by atoms with Crippen molar-refractivity contribution in [3.05, 3.63) is 29.3 Å². The zero-order valence-electron chi connectivity index (χ0n) is 13.1. The highest BCUT2D eigenvalue weighted by atomic mass is 35.5. The third-order valence-electron chi connectivity index (χ3n) is 3.87. The van der Waals surface area contributed by atoms with Crippen LogP contribution < -0.4 is 16.0 Å².